The molecule has 2 aromatic rings. The van der Waals surface area contributed by atoms with Gasteiger partial charge < -0.3 is 39.2 Å². The summed E-state index contributed by atoms with van der Waals surface area (Å²) in [6.07, 6.45) is -3.76. The van der Waals surface area contributed by atoms with Gasteiger partial charge in [0.05, 0.1) is 12.9 Å². The van der Waals surface area contributed by atoms with Crippen molar-refractivity contribution in [2.75, 3.05) is 36.2 Å². The van der Waals surface area contributed by atoms with Crippen LogP contribution in [0.25, 0.3) is 11.2 Å². The number of aromatic nitrogens is 4. The number of anilines is 1. The zero-order valence-corrected chi connectivity index (χ0v) is 27.8. The van der Waals surface area contributed by atoms with E-state index in [1.54, 1.807) is 11.8 Å². The van der Waals surface area contributed by atoms with E-state index in [9.17, 15) is 42.5 Å². The number of fused-ring (bicyclic) bond motifs is 1. The lowest BCUT2D eigenvalue weighted by Crippen LogP contribution is -2.35. The maximum Gasteiger partial charge on any atom is 0.484 e. The standard InChI is InChI=1S/C18H26Cl2F2N5O11P3S2/c1-17(21,22)3-5-43-16-25-13(23-4-6-42-2)10-14(26-16)27(8-24-10)15-12(29)11(28)9(36-15)7-35-41(34)37-39(30,31)18(19,20)40(32,33)38-41/h8-9,11-12,15,28-29H,3-7H2,1-2H3,(H,30,31)(H,32,33)(H,23,25,26)/p-2/t9-,11?,12+,15-/m1/s1. The fourth-order valence-electron chi connectivity index (χ4n) is 3.70. The van der Waals surface area contributed by atoms with Crippen molar-refractivity contribution in [1.29, 1.82) is 0 Å². The van der Waals surface area contributed by atoms with Gasteiger partial charge in [0.15, 0.2) is 43.6 Å². The summed E-state index contributed by atoms with van der Waals surface area (Å²) in [7, 11) is -17.0. The smallest absolute Gasteiger partial charge is 0.484 e. The molecule has 0 saturated carbocycles. The van der Waals surface area contributed by atoms with Crippen molar-refractivity contribution in [3.63, 3.8) is 0 Å². The fourth-order valence-corrected chi connectivity index (χ4v) is 11.9. The van der Waals surface area contributed by atoms with Crippen LogP contribution in [0.2, 0.25) is 0 Å². The summed E-state index contributed by atoms with van der Waals surface area (Å²) in [5, 5.41) is 24.5. The maximum atomic E-state index is 13.3. The van der Waals surface area contributed by atoms with E-state index in [0.29, 0.717) is 12.3 Å². The Kier molecular flexibility index (Phi) is 10.9. The SMILES string of the molecule is CSCCNc1nc(SCCC(C)(F)F)nc2c1ncn2[C@@H]1O[C@H](COP2(=O)OP(=O)([O-])C(Cl)(Cl)P(=O)([O-])O2)C(O)[C@@H]1O. The average Bonchev–Trinajstić information content (AvgIpc) is 3.41. The summed E-state index contributed by atoms with van der Waals surface area (Å²) in [4.78, 5) is 37.2. The van der Waals surface area contributed by atoms with Crippen molar-refractivity contribution in [2.45, 2.75) is 52.8 Å². The monoisotopic (exact) mass is 751 g/mol. The Morgan fingerprint density at radius 3 is 2.44 bits per heavy atom. The summed E-state index contributed by atoms with van der Waals surface area (Å²) in [5.74, 6) is -1.94. The van der Waals surface area contributed by atoms with Crippen LogP contribution < -0.4 is 15.1 Å². The van der Waals surface area contributed by atoms with Crippen LogP contribution in [0.3, 0.4) is 0 Å². The third-order valence-electron chi connectivity index (χ3n) is 5.85. The minimum Gasteiger partial charge on any atom is -0.776 e. The molecule has 244 valence electrons. The van der Waals surface area contributed by atoms with Gasteiger partial charge in [0, 0.05) is 24.5 Å². The summed E-state index contributed by atoms with van der Waals surface area (Å²) in [6, 6.07) is 0. The lowest BCUT2D eigenvalue weighted by molar-refractivity contribution is -0.209. The zero-order valence-electron chi connectivity index (χ0n) is 21.9. The van der Waals surface area contributed by atoms with E-state index in [1.807, 2.05) is 6.26 Å². The zero-order chi connectivity index (χ0) is 32.0. The first-order valence-corrected chi connectivity index (χ1v) is 19.7. The first kappa shape index (κ1) is 35.7. The molecule has 2 saturated heterocycles. The van der Waals surface area contributed by atoms with Crippen LogP contribution in [0.4, 0.5) is 14.6 Å². The molecule has 0 aliphatic carbocycles. The second-order valence-corrected chi connectivity index (χ2v) is 19.8. The van der Waals surface area contributed by atoms with Crippen LogP contribution in [0.15, 0.2) is 11.5 Å². The Morgan fingerprint density at radius 1 is 1.19 bits per heavy atom. The van der Waals surface area contributed by atoms with Gasteiger partial charge in [-0.15, -0.1) is 0 Å². The van der Waals surface area contributed by atoms with Gasteiger partial charge in [-0.2, -0.15) is 11.8 Å². The summed E-state index contributed by atoms with van der Waals surface area (Å²) >= 11 is 13.1. The van der Waals surface area contributed by atoms with Gasteiger partial charge in [-0.05, 0) is 13.2 Å². The van der Waals surface area contributed by atoms with Gasteiger partial charge in [0.1, 0.15) is 18.3 Å². The lowest BCUT2D eigenvalue weighted by Gasteiger charge is -2.47. The van der Waals surface area contributed by atoms with E-state index < -0.39 is 70.3 Å². The number of thioether (sulfide) groups is 2. The van der Waals surface area contributed by atoms with Crippen molar-refractivity contribution in [2.24, 2.45) is 0 Å². The molecule has 4 rings (SSSR count). The highest BCUT2D eigenvalue weighted by atomic mass is 35.5. The molecule has 6 atom stereocenters. The van der Waals surface area contributed by atoms with Crippen LogP contribution >= 0.6 is 69.7 Å². The van der Waals surface area contributed by atoms with E-state index in [1.165, 1.54) is 10.9 Å². The third kappa shape index (κ3) is 7.71. The summed E-state index contributed by atoms with van der Waals surface area (Å²) < 4.78 is 80.0. The Hall–Kier alpha value is -0.140. The van der Waals surface area contributed by atoms with Gasteiger partial charge in [-0.25, -0.2) is 36.9 Å². The van der Waals surface area contributed by atoms with Gasteiger partial charge >= 0.3 is 7.82 Å². The first-order chi connectivity index (χ1) is 19.8. The molecule has 2 aromatic heterocycles. The number of ether oxygens (including phenoxy) is 1. The Bertz CT molecular complexity index is 1460. The van der Waals surface area contributed by atoms with Gasteiger partial charge in [0.2, 0.25) is 9.74 Å². The van der Waals surface area contributed by atoms with Crippen LogP contribution in [0, 0.1) is 0 Å². The highest BCUT2D eigenvalue weighted by molar-refractivity contribution is 7.99. The Morgan fingerprint density at radius 2 is 1.84 bits per heavy atom. The van der Waals surface area contributed by atoms with Crippen LogP contribution in [0.5, 0.6) is 0 Å². The van der Waals surface area contributed by atoms with Crippen molar-refractivity contribution >= 4 is 86.7 Å². The topological polar surface area (TPSA) is 230 Å². The molecular formula is C18H24Cl2F2N5O11P3S2-2. The largest absolute Gasteiger partial charge is 0.776 e. The Labute approximate surface area is 261 Å². The van der Waals surface area contributed by atoms with Gasteiger partial charge in [0.25, 0.3) is 0 Å². The van der Waals surface area contributed by atoms with E-state index in [2.05, 4.69) is 28.9 Å². The molecule has 3 N–H and O–H groups in total. The number of nitrogens with one attached hydrogen (secondary N) is 1. The molecule has 0 amide bonds. The number of nitrogens with zero attached hydrogens (tertiary/aromatic N) is 4. The number of aliphatic hydroxyl groups is 2. The third-order valence-corrected chi connectivity index (χ3v) is 16.4. The second kappa shape index (κ2) is 13.2. The number of hydrogen-bond acceptors (Lipinski definition) is 17. The van der Waals surface area contributed by atoms with Crippen molar-refractivity contribution in [3.8, 4) is 0 Å². The molecule has 4 heterocycles. The number of halogens is 4. The minimum atomic E-state index is -5.78. The number of phosphoric acid groups is 1. The second-order valence-electron chi connectivity index (χ2n) is 9.22. The van der Waals surface area contributed by atoms with Crippen molar-refractivity contribution in [1.82, 2.24) is 19.5 Å². The normalized spacial score (nSPS) is 34.6. The quantitative estimate of drug-likeness (QED) is 0.0930. The van der Waals surface area contributed by atoms with Gasteiger partial charge in [-0.3, -0.25) is 9.09 Å². The number of imidazole rings is 1. The molecule has 2 aliphatic heterocycles. The van der Waals surface area contributed by atoms with Crippen molar-refractivity contribution < 1.29 is 60.4 Å². The molecule has 25 heteroatoms. The summed E-state index contributed by atoms with van der Waals surface area (Å²) in [6.45, 7) is 0.263. The predicted octanol–water partition coefficient (Wildman–Crippen LogP) is 2.73. The van der Waals surface area contributed by atoms with Gasteiger partial charge in [-0.1, -0.05) is 35.0 Å². The lowest BCUT2D eigenvalue weighted by atomic mass is 10.1. The number of hydrogen-bond donors (Lipinski definition) is 3. The minimum absolute atomic E-state index is 0.0145. The molecule has 2 aliphatic rings. The molecule has 3 unspecified atom stereocenters. The first-order valence-electron chi connectivity index (χ1n) is 12.0. The van der Waals surface area contributed by atoms with Crippen LogP contribution in [-0.2, 0) is 31.6 Å². The molecule has 2 fully saturated rings. The molecule has 0 radical (unpaired) electrons. The van der Waals surface area contributed by atoms with E-state index >= 15 is 0 Å². The highest BCUT2D eigenvalue weighted by Gasteiger charge is 2.60. The highest BCUT2D eigenvalue weighted by Crippen LogP contribution is 2.87. The molecule has 16 nitrogen and oxygen atoms in total. The molecule has 0 bridgehead atoms. The molecule has 0 aromatic carbocycles. The number of rotatable bonds is 12. The molecule has 43 heavy (non-hydrogen) atoms. The fraction of sp³-hybridized carbons (Fsp3) is 0.722. The predicted molar refractivity (Wildman–Crippen MR) is 149 cm³/mol. The van der Waals surface area contributed by atoms with E-state index in [4.69, 9.17) is 32.5 Å². The average molecular weight is 752 g/mol. The van der Waals surface area contributed by atoms with Crippen LogP contribution in [0.1, 0.15) is 19.6 Å². The number of aliphatic hydroxyl groups excluding tert-OH is 2. The Balaban J connectivity index is 1.56. The molecular weight excluding hydrogens is 728 g/mol. The van der Waals surface area contributed by atoms with Crippen LogP contribution in [-0.4, -0.2) is 88.7 Å². The van der Waals surface area contributed by atoms with E-state index in [-0.39, 0.29) is 27.9 Å². The van der Waals surface area contributed by atoms with Crippen molar-refractivity contribution in [3.05, 3.63) is 6.33 Å². The maximum absolute atomic E-state index is 13.3. The van der Waals surface area contributed by atoms with E-state index in [0.717, 1.165) is 18.7 Å². The number of alkyl halides is 4. The summed E-state index contributed by atoms with van der Waals surface area (Å²) in [5.41, 5.74) is 0.324. The molecule has 0 spiro atoms.